The standard InChI is InChI=1S/C15H28/c1-4-12-15(6-3,13-5-2)14-10-8-7-9-11-14/h6,14H,3-5,7-13H2,1-2H3. The highest BCUT2D eigenvalue weighted by Gasteiger charge is 2.34. The van der Waals surface area contributed by atoms with Gasteiger partial charge in [0.2, 0.25) is 0 Å². The Balaban J connectivity index is 2.70. The zero-order valence-corrected chi connectivity index (χ0v) is 10.7. The van der Waals surface area contributed by atoms with Crippen LogP contribution in [-0.4, -0.2) is 0 Å². The second-order valence-electron chi connectivity index (χ2n) is 5.27. The molecule has 1 fully saturated rings. The van der Waals surface area contributed by atoms with Crippen LogP contribution in [0.25, 0.3) is 0 Å². The largest absolute Gasteiger partial charge is 0.103 e. The highest BCUT2D eigenvalue weighted by molar-refractivity contribution is 4.99. The molecule has 1 aliphatic rings. The summed E-state index contributed by atoms with van der Waals surface area (Å²) < 4.78 is 0. The van der Waals surface area contributed by atoms with Crippen molar-refractivity contribution in [2.45, 2.75) is 71.6 Å². The summed E-state index contributed by atoms with van der Waals surface area (Å²) in [6, 6.07) is 0. The quantitative estimate of drug-likeness (QED) is 0.517. The molecule has 0 saturated heterocycles. The van der Waals surface area contributed by atoms with Gasteiger partial charge in [0.05, 0.1) is 0 Å². The molecule has 1 saturated carbocycles. The molecule has 0 bridgehead atoms. The lowest BCUT2D eigenvalue weighted by Gasteiger charge is -2.41. The van der Waals surface area contributed by atoms with Crippen molar-refractivity contribution in [2.24, 2.45) is 11.3 Å². The van der Waals surface area contributed by atoms with Crippen molar-refractivity contribution in [1.29, 1.82) is 0 Å². The SMILES string of the molecule is C=CC(CCC)(CCC)C1CCCCC1. The number of hydrogen-bond acceptors (Lipinski definition) is 0. The third-order valence-corrected chi connectivity index (χ3v) is 4.26. The van der Waals surface area contributed by atoms with Gasteiger partial charge in [0.1, 0.15) is 0 Å². The van der Waals surface area contributed by atoms with Crippen LogP contribution in [0, 0.1) is 11.3 Å². The second kappa shape index (κ2) is 6.35. The molecule has 0 nitrogen and oxygen atoms in total. The summed E-state index contributed by atoms with van der Waals surface area (Å²) in [5.41, 5.74) is 0.476. The fourth-order valence-electron chi connectivity index (χ4n) is 3.51. The molecular weight excluding hydrogens is 180 g/mol. The van der Waals surface area contributed by atoms with Crippen LogP contribution in [0.4, 0.5) is 0 Å². The topological polar surface area (TPSA) is 0 Å². The van der Waals surface area contributed by atoms with E-state index in [2.05, 4.69) is 26.5 Å². The smallest absolute Gasteiger partial charge is 0.00929 e. The van der Waals surface area contributed by atoms with E-state index in [0.717, 1.165) is 5.92 Å². The minimum atomic E-state index is 0.476. The van der Waals surface area contributed by atoms with Crippen molar-refractivity contribution < 1.29 is 0 Å². The van der Waals surface area contributed by atoms with E-state index in [0.29, 0.717) is 5.41 Å². The summed E-state index contributed by atoms with van der Waals surface area (Å²) >= 11 is 0. The van der Waals surface area contributed by atoms with E-state index in [4.69, 9.17) is 0 Å². The maximum Gasteiger partial charge on any atom is -0.00929 e. The Morgan fingerprint density at radius 3 is 2.00 bits per heavy atom. The average Bonchev–Trinajstić information content (AvgIpc) is 2.30. The van der Waals surface area contributed by atoms with Gasteiger partial charge in [-0.1, -0.05) is 52.0 Å². The first-order valence-electron chi connectivity index (χ1n) is 6.92. The van der Waals surface area contributed by atoms with E-state index in [9.17, 15) is 0 Å². The predicted molar refractivity (Wildman–Crippen MR) is 69.0 cm³/mol. The minimum absolute atomic E-state index is 0.476. The monoisotopic (exact) mass is 208 g/mol. The van der Waals surface area contributed by atoms with Crippen molar-refractivity contribution in [3.8, 4) is 0 Å². The Hall–Kier alpha value is -0.260. The summed E-state index contributed by atoms with van der Waals surface area (Å²) in [5.74, 6) is 0.934. The van der Waals surface area contributed by atoms with Crippen molar-refractivity contribution in [1.82, 2.24) is 0 Å². The lowest BCUT2D eigenvalue weighted by atomic mass is 9.64. The average molecular weight is 208 g/mol. The molecule has 1 rings (SSSR count). The lowest BCUT2D eigenvalue weighted by molar-refractivity contribution is 0.143. The maximum absolute atomic E-state index is 4.15. The normalized spacial score (nSPS) is 19.1. The van der Waals surface area contributed by atoms with Crippen molar-refractivity contribution in [3.05, 3.63) is 12.7 Å². The fourth-order valence-corrected chi connectivity index (χ4v) is 3.51. The molecule has 1 aliphatic carbocycles. The first-order chi connectivity index (χ1) is 7.29. The summed E-state index contributed by atoms with van der Waals surface area (Å²) in [6.07, 6.45) is 14.9. The van der Waals surface area contributed by atoms with Gasteiger partial charge in [0.15, 0.2) is 0 Å². The minimum Gasteiger partial charge on any atom is -0.103 e. The summed E-state index contributed by atoms with van der Waals surface area (Å²) in [5, 5.41) is 0. The lowest BCUT2D eigenvalue weighted by Crippen LogP contribution is -2.30. The molecule has 0 radical (unpaired) electrons. The predicted octanol–water partition coefficient (Wildman–Crippen LogP) is 5.34. The van der Waals surface area contributed by atoms with Gasteiger partial charge < -0.3 is 0 Å². The summed E-state index contributed by atoms with van der Waals surface area (Å²) in [6.45, 7) is 8.78. The van der Waals surface area contributed by atoms with Crippen LogP contribution in [0.5, 0.6) is 0 Å². The molecule has 0 spiro atoms. The zero-order chi connectivity index (χ0) is 11.1. The molecule has 0 aromatic rings. The van der Waals surface area contributed by atoms with Crippen LogP contribution in [0.3, 0.4) is 0 Å². The van der Waals surface area contributed by atoms with Crippen LogP contribution in [-0.2, 0) is 0 Å². The molecule has 88 valence electrons. The first-order valence-corrected chi connectivity index (χ1v) is 6.92. The molecule has 0 unspecified atom stereocenters. The van der Waals surface area contributed by atoms with Crippen LogP contribution in [0.2, 0.25) is 0 Å². The Bertz CT molecular complexity index is 168. The molecule has 0 N–H and O–H groups in total. The fraction of sp³-hybridized carbons (Fsp3) is 0.867. The number of hydrogen-bond donors (Lipinski definition) is 0. The third kappa shape index (κ3) is 3.09. The van der Waals surface area contributed by atoms with Gasteiger partial charge in [0, 0.05) is 0 Å². The first kappa shape index (κ1) is 12.8. The maximum atomic E-state index is 4.15. The summed E-state index contributed by atoms with van der Waals surface area (Å²) in [7, 11) is 0. The highest BCUT2D eigenvalue weighted by atomic mass is 14.4. The van der Waals surface area contributed by atoms with E-state index >= 15 is 0 Å². The molecule has 0 aliphatic heterocycles. The molecule has 0 heteroatoms. The van der Waals surface area contributed by atoms with Gasteiger partial charge in [0.25, 0.3) is 0 Å². The van der Waals surface area contributed by atoms with E-state index < -0.39 is 0 Å². The Kier molecular flexibility index (Phi) is 5.42. The Labute approximate surface area is 96.2 Å². The van der Waals surface area contributed by atoms with Gasteiger partial charge >= 0.3 is 0 Å². The zero-order valence-electron chi connectivity index (χ0n) is 10.7. The molecule has 0 heterocycles. The van der Waals surface area contributed by atoms with E-state index in [1.165, 1.54) is 57.8 Å². The summed E-state index contributed by atoms with van der Waals surface area (Å²) in [4.78, 5) is 0. The van der Waals surface area contributed by atoms with E-state index in [1.807, 2.05) is 0 Å². The molecule has 0 aromatic carbocycles. The Morgan fingerprint density at radius 1 is 1.07 bits per heavy atom. The molecular formula is C15H28. The van der Waals surface area contributed by atoms with Crippen molar-refractivity contribution in [2.75, 3.05) is 0 Å². The van der Waals surface area contributed by atoms with E-state index in [-0.39, 0.29) is 0 Å². The van der Waals surface area contributed by atoms with E-state index in [1.54, 1.807) is 0 Å². The Morgan fingerprint density at radius 2 is 1.60 bits per heavy atom. The van der Waals surface area contributed by atoms with Crippen LogP contribution in [0.1, 0.15) is 71.6 Å². The van der Waals surface area contributed by atoms with Gasteiger partial charge in [-0.25, -0.2) is 0 Å². The van der Waals surface area contributed by atoms with Crippen LogP contribution >= 0.6 is 0 Å². The van der Waals surface area contributed by atoms with Gasteiger partial charge in [-0.05, 0) is 37.0 Å². The third-order valence-electron chi connectivity index (χ3n) is 4.26. The highest BCUT2D eigenvalue weighted by Crippen LogP contribution is 2.45. The number of rotatable bonds is 6. The van der Waals surface area contributed by atoms with Crippen LogP contribution in [0.15, 0.2) is 12.7 Å². The molecule has 15 heavy (non-hydrogen) atoms. The molecule has 0 aromatic heterocycles. The molecule has 0 atom stereocenters. The van der Waals surface area contributed by atoms with Gasteiger partial charge in [-0.3, -0.25) is 0 Å². The second-order valence-corrected chi connectivity index (χ2v) is 5.27. The van der Waals surface area contributed by atoms with Gasteiger partial charge in [-0.15, -0.1) is 6.58 Å². The van der Waals surface area contributed by atoms with Crippen LogP contribution < -0.4 is 0 Å². The number of allylic oxidation sites excluding steroid dienone is 1. The van der Waals surface area contributed by atoms with Gasteiger partial charge in [-0.2, -0.15) is 0 Å². The molecule has 0 amide bonds. The van der Waals surface area contributed by atoms with Crippen molar-refractivity contribution in [3.63, 3.8) is 0 Å². The van der Waals surface area contributed by atoms with Crippen molar-refractivity contribution >= 4 is 0 Å².